The van der Waals surface area contributed by atoms with E-state index in [1.165, 1.54) is 0 Å². The van der Waals surface area contributed by atoms with Crippen molar-refractivity contribution in [3.63, 3.8) is 0 Å². The zero-order chi connectivity index (χ0) is 38.6. The monoisotopic (exact) mass is 739 g/mol. The average Bonchev–Trinajstić information content (AvgIpc) is 4.03. The molecule has 7 nitrogen and oxygen atoms in total. The number of furan rings is 2. The van der Waals surface area contributed by atoms with E-state index in [4.69, 9.17) is 8.83 Å². The predicted octanol–water partition coefficient (Wildman–Crippen LogP) is 13.0. The lowest BCUT2D eigenvalue weighted by Crippen LogP contribution is -2.02. The van der Waals surface area contributed by atoms with Crippen LogP contribution in [-0.2, 0) is 0 Å². The second-order valence-corrected chi connectivity index (χ2v) is 14.6. The number of nitriles is 3. The van der Waals surface area contributed by atoms with Gasteiger partial charge in [-0.3, -0.25) is 0 Å². The Hall–Kier alpha value is -8.57. The van der Waals surface area contributed by atoms with E-state index in [9.17, 15) is 15.8 Å². The molecule has 0 radical (unpaired) electrons. The van der Waals surface area contributed by atoms with Gasteiger partial charge < -0.3 is 18.0 Å². The summed E-state index contributed by atoms with van der Waals surface area (Å²) < 4.78 is 17.5. The van der Waals surface area contributed by atoms with Crippen molar-refractivity contribution in [1.82, 2.24) is 9.13 Å². The summed E-state index contributed by atoms with van der Waals surface area (Å²) >= 11 is 0. The fourth-order valence-corrected chi connectivity index (χ4v) is 9.15. The molecule has 0 saturated heterocycles. The minimum atomic E-state index is 0.221. The molecule has 8 aromatic carbocycles. The first kappa shape index (κ1) is 31.7. The average molecular weight is 740 g/mol. The lowest BCUT2D eigenvalue weighted by Gasteiger charge is -2.17. The Morgan fingerprint density at radius 2 is 0.862 bits per heavy atom. The summed E-state index contributed by atoms with van der Waals surface area (Å²) in [4.78, 5) is 0. The first-order valence-electron chi connectivity index (χ1n) is 18.9. The third-order valence-electron chi connectivity index (χ3n) is 11.6. The molecule has 0 amide bonds. The maximum Gasteiger partial charge on any atom is 0.160 e. The van der Waals surface area contributed by atoms with Crippen molar-refractivity contribution in [2.45, 2.75) is 0 Å². The molecule has 4 heterocycles. The second-order valence-electron chi connectivity index (χ2n) is 14.6. The first-order valence-corrected chi connectivity index (χ1v) is 18.9. The number of hydrogen-bond acceptors (Lipinski definition) is 5. The Bertz CT molecular complexity index is 3910. The van der Waals surface area contributed by atoms with Gasteiger partial charge in [0.1, 0.15) is 23.3 Å². The van der Waals surface area contributed by atoms with Crippen LogP contribution in [0.15, 0.2) is 160 Å². The number of rotatable bonds is 3. The lowest BCUT2D eigenvalue weighted by atomic mass is 9.94. The van der Waals surface area contributed by atoms with E-state index in [0.29, 0.717) is 28.0 Å². The molecular formula is C51H25N5O2. The van der Waals surface area contributed by atoms with E-state index in [1.807, 2.05) is 84.9 Å². The largest absolute Gasteiger partial charge is 0.454 e. The van der Waals surface area contributed by atoms with Crippen molar-refractivity contribution < 1.29 is 8.83 Å². The molecule has 0 atom stereocenters. The van der Waals surface area contributed by atoms with E-state index >= 15 is 0 Å². The van der Waals surface area contributed by atoms with Crippen molar-refractivity contribution in [2.24, 2.45) is 0 Å². The molecule has 7 heteroatoms. The van der Waals surface area contributed by atoms with Crippen LogP contribution >= 0.6 is 0 Å². The van der Waals surface area contributed by atoms with Gasteiger partial charge in [0.15, 0.2) is 11.2 Å². The van der Waals surface area contributed by atoms with Crippen LogP contribution in [0.4, 0.5) is 0 Å². The summed E-state index contributed by atoms with van der Waals surface area (Å²) in [5.74, 6) is 0. The number of aromatic nitrogens is 2. The molecule has 0 fully saturated rings. The number of para-hydroxylation sites is 4. The minimum Gasteiger partial charge on any atom is -0.454 e. The summed E-state index contributed by atoms with van der Waals surface area (Å²) in [6.45, 7) is 0. The highest BCUT2D eigenvalue weighted by atomic mass is 16.3. The van der Waals surface area contributed by atoms with E-state index < -0.39 is 0 Å². The molecule has 0 saturated carbocycles. The Morgan fingerprint density at radius 3 is 1.45 bits per heavy atom. The Morgan fingerprint density at radius 1 is 0.379 bits per heavy atom. The Balaban J connectivity index is 1.16. The summed E-state index contributed by atoms with van der Waals surface area (Å²) in [7, 11) is 0. The van der Waals surface area contributed by atoms with E-state index in [-0.39, 0.29) is 11.1 Å². The SMILES string of the molecule is N#Cc1cc(-c2ccc(-n3c4ccccc4c4ccc5c6ccccc6oc5c43)cc2C#N)c(-n2c3ccccc3c3ccc4c5ccccc5oc4c32)cc1C#N. The third kappa shape index (κ3) is 4.18. The molecule has 0 spiro atoms. The molecule has 0 unspecified atom stereocenters. The van der Waals surface area contributed by atoms with Crippen molar-refractivity contribution in [1.29, 1.82) is 15.8 Å². The van der Waals surface area contributed by atoms with Gasteiger partial charge in [-0.1, -0.05) is 91.0 Å². The lowest BCUT2D eigenvalue weighted by molar-refractivity contribution is 0.670. The number of benzene rings is 8. The molecule has 266 valence electrons. The van der Waals surface area contributed by atoms with Gasteiger partial charge >= 0.3 is 0 Å². The molecule has 12 aromatic rings. The molecule has 0 aliphatic rings. The van der Waals surface area contributed by atoms with Gasteiger partial charge in [-0.2, -0.15) is 15.8 Å². The van der Waals surface area contributed by atoms with E-state index in [0.717, 1.165) is 87.6 Å². The predicted molar refractivity (Wildman–Crippen MR) is 229 cm³/mol. The topological polar surface area (TPSA) is 108 Å². The second kappa shape index (κ2) is 11.7. The molecule has 12 rings (SSSR count). The summed E-state index contributed by atoms with van der Waals surface area (Å²) in [5, 5.41) is 39.8. The van der Waals surface area contributed by atoms with Gasteiger partial charge in [0.25, 0.3) is 0 Å². The van der Waals surface area contributed by atoms with Crippen LogP contribution in [0.5, 0.6) is 0 Å². The van der Waals surface area contributed by atoms with Gasteiger partial charge in [-0.25, -0.2) is 0 Å². The van der Waals surface area contributed by atoms with Gasteiger partial charge in [-0.05, 0) is 60.7 Å². The first-order chi connectivity index (χ1) is 28.6. The highest BCUT2D eigenvalue weighted by Gasteiger charge is 2.25. The fourth-order valence-electron chi connectivity index (χ4n) is 9.15. The van der Waals surface area contributed by atoms with Crippen LogP contribution in [-0.4, -0.2) is 9.13 Å². The molecule has 0 N–H and O–H groups in total. The quantitative estimate of drug-likeness (QED) is 0.179. The van der Waals surface area contributed by atoms with Crippen LogP contribution in [0.3, 0.4) is 0 Å². The normalized spacial score (nSPS) is 11.7. The zero-order valence-corrected chi connectivity index (χ0v) is 30.5. The van der Waals surface area contributed by atoms with Crippen molar-refractivity contribution in [2.75, 3.05) is 0 Å². The fraction of sp³-hybridized carbons (Fsp3) is 0. The van der Waals surface area contributed by atoms with Crippen LogP contribution in [0, 0.1) is 34.0 Å². The zero-order valence-electron chi connectivity index (χ0n) is 30.5. The van der Waals surface area contributed by atoms with E-state index in [1.54, 1.807) is 12.1 Å². The minimum absolute atomic E-state index is 0.221. The summed E-state index contributed by atoms with van der Waals surface area (Å²) in [6, 6.07) is 57.3. The maximum atomic E-state index is 11.0. The highest BCUT2D eigenvalue weighted by Crippen LogP contribution is 2.44. The van der Waals surface area contributed by atoms with E-state index in [2.05, 4.69) is 81.9 Å². The molecule has 0 aliphatic heterocycles. The van der Waals surface area contributed by atoms with Crippen molar-refractivity contribution in [3.8, 4) is 40.7 Å². The van der Waals surface area contributed by atoms with Crippen LogP contribution in [0.25, 0.3) is 110 Å². The molecule has 58 heavy (non-hydrogen) atoms. The van der Waals surface area contributed by atoms with Crippen LogP contribution < -0.4 is 0 Å². The highest BCUT2D eigenvalue weighted by molar-refractivity contribution is 6.23. The smallest absolute Gasteiger partial charge is 0.160 e. The van der Waals surface area contributed by atoms with Crippen molar-refractivity contribution in [3.05, 3.63) is 168 Å². The molecule has 4 aromatic heterocycles. The standard InChI is InChI=1S/C51H25N5O2/c52-26-29-24-42(45(25-30(29)27-53)56-44-14-6-2-10-35(44)39-20-22-41-37-12-4-8-16-47(37)58-51(41)49(39)56)33-18-17-32(23-31(33)28-54)55-43-13-5-1-9-34(43)38-19-21-40-36-11-3-7-15-46(36)57-50(40)48(38)55/h1-25H. The Kier molecular flexibility index (Phi) is 6.41. The van der Waals surface area contributed by atoms with Crippen LogP contribution in [0.2, 0.25) is 0 Å². The van der Waals surface area contributed by atoms with Crippen molar-refractivity contribution >= 4 is 87.5 Å². The van der Waals surface area contributed by atoms with Crippen LogP contribution in [0.1, 0.15) is 16.7 Å². The molecule has 0 aliphatic carbocycles. The Labute approximate surface area is 329 Å². The third-order valence-corrected chi connectivity index (χ3v) is 11.6. The molecular weight excluding hydrogens is 715 g/mol. The number of fused-ring (bicyclic) bond motifs is 14. The van der Waals surface area contributed by atoms with Gasteiger partial charge in [0.2, 0.25) is 0 Å². The maximum absolute atomic E-state index is 11.0. The summed E-state index contributed by atoms with van der Waals surface area (Å²) in [6.07, 6.45) is 0. The number of nitrogens with zero attached hydrogens (tertiary/aromatic N) is 5. The van der Waals surface area contributed by atoms with Gasteiger partial charge in [-0.15, -0.1) is 0 Å². The number of hydrogen-bond donors (Lipinski definition) is 0. The molecule has 0 bridgehead atoms. The van der Waals surface area contributed by atoms with Gasteiger partial charge in [0.05, 0.1) is 50.5 Å². The summed E-state index contributed by atoms with van der Waals surface area (Å²) in [5.41, 5.74) is 10.3. The van der Waals surface area contributed by atoms with Gasteiger partial charge in [0, 0.05) is 59.9 Å².